The maximum atomic E-state index is 12.2. The maximum Gasteiger partial charge on any atom is 0.316 e. The number of benzene rings is 2. The van der Waals surface area contributed by atoms with Crippen LogP contribution in [0.15, 0.2) is 41.3 Å². The fraction of sp³-hybridized carbons (Fsp3) is 0.350. The molecule has 0 aliphatic carbocycles. The van der Waals surface area contributed by atoms with E-state index in [9.17, 15) is 14.4 Å². The Balaban J connectivity index is 1.48. The second-order valence-corrected chi connectivity index (χ2v) is 7.85. The number of carbonyl (C=O) groups is 3. The molecule has 0 bridgehead atoms. The third-order valence-corrected chi connectivity index (χ3v) is 5.94. The van der Waals surface area contributed by atoms with E-state index >= 15 is 0 Å². The molecule has 1 aliphatic rings. The van der Waals surface area contributed by atoms with Crippen molar-refractivity contribution >= 4 is 51.9 Å². The zero-order valence-corrected chi connectivity index (χ0v) is 17.1. The van der Waals surface area contributed by atoms with Gasteiger partial charge in [0.25, 0.3) is 5.91 Å². The number of amides is 2. The second kappa shape index (κ2) is 9.30. The lowest BCUT2D eigenvalue weighted by molar-refractivity contribution is -0.151. The van der Waals surface area contributed by atoms with Crippen LogP contribution in [0.2, 0.25) is 5.02 Å². The van der Waals surface area contributed by atoms with E-state index in [-0.39, 0.29) is 24.2 Å². The molecule has 2 aromatic rings. The molecule has 0 spiro atoms. The summed E-state index contributed by atoms with van der Waals surface area (Å²) in [7, 11) is 0. The molecule has 0 saturated carbocycles. The van der Waals surface area contributed by atoms with Gasteiger partial charge in [0, 0.05) is 48.4 Å². The van der Waals surface area contributed by atoms with Gasteiger partial charge in [0.2, 0.25) is 5.91 Å². The molecular formula is C20H21ClN2O4S. The van der Waals surface area contributed by atoms with Gasteiger partial charge in [-0.15, -0.1) is 11.8 Å². The van der Waals surface area contributed by atoms with Crippen LogP contribution < -0.4 is 0 Å². The molecule has 0 aromatic heterocycles. The first kappa shape index (κ1) is 20.5. The number of hydrogen-bond acceptors (Lipinski definition) is 5. The molecule has 28 heavy (non-hydrogen) atoms. The third kappa shape index (κ3) is 4.97. The third-order valence-electron chi connectivity index (χ3n) is 4.60. The van der Waals surface area contributed by atoms with Gasteiger partial charge in [0.15, 0.2) is 6.61 Å². The molecule has 0 radical (unpaired) electrons. The van der Waals surface area contributed by atoms with Crippen LogP contribution >= 0.6 is 23.4 Å². The molecule has 2 amide bonds. The maximum absolute atomic E-state index is 12.2. The van der Waals surface area contributed by atoms with Crippen molar-refractivity contribution in [3.8, 4) is 0 Å². The van der Waals surface area contributed by atoms with E-state index in [0.717, 1.165) is 15.7 Å². The predicted octanol–water partition coefficient (Wildman–Crippen LogP) is 2.82. The largest absolute Gasteiger partial charge is 0.455 e. The van der Waals surface area contributed by atoms with E-state index in [2.05, 4.69) is 0 Å². The van der Waals surface area contributed by atoms with Crippen molar-refractivity contribution < 1.29 is 19.1 Å². The van der Waals surface area contributed by atoms with Gasteiger partial charge < -0.3 is 14.5 Å². The first-order valence-corrected chi connectivity index (χ1v) is 10.3. The number of hydrogen-bond donors (Lipinski definition) is 0. The number of rotatable bonds is 5. The molecule has 0 N–H and O–H groups in total. The van der Waals surface area contributed by atoms with Crippen LogP contribution in [0.25, 0.3) is 10.8 Å². The number of halogens is 1. The van der Waals surface area contributed by atoms with E-state index in [1.807, 2.05) is 36.4 Å². The minimum atomic E-state index is -0.454. The van der Waals surface area contributed by atoms with Crippen molar-refractivity contribution in [3.05, 3.63) is 41.4 Å². The second-order valence-electron chi connectivity index (χ2n) is 6.43. The Morgan fingerprint density at radius 3 is 2.36 bits per heavy atom. The van der Waals surface area contributed by atoms with E-state index < -0.39 is 5.97 Å². The first-order chi connectivity index (χ1) is 13.5. The van der Waals surface area contributed by atoms with Gasteiger partial charge in [-0.2, -0.15) is 0 Å². The Hall–Kier alpha value is -2.25. The van der Waals surface area contributed by atoms with Gasteiger partial charge in [-0.25, -0.2) is 0 Å². The number of piperazine rings is 1. The summed E-state index contributed by atoms with van der Waals surface area (Å²) in [5.41, 5.74) is 0. The van der Waals surface area contributed by atoms with E-state index in [1.165, 1.54) is 18.7 Å². The number of esters is 1. The first-order valence-electron chi connectivity index (χ1n) is 8.94. The summed E-state index contributed by atoms with van der Waals surface area (Å²) in [6.07, 6.45) is 0. The van der Waals surface area contributed by atoms with Gasteiger partial charge in [-0.3, -0.25) is 14.4 Å². The number of ether oxygens (including phenoxy) is 1. The van der Waals surface area contributed by atoms with Crippen molar-refractivity contribution in [1.29, 1.82) is 0 Å². The average molecular weight is 421 g/mol. The van der Waals surface area contributed by atoms with Crippen molar-refractivity contribution in [2.45, 2.75) is 11.8 Å². The molecule has 2 aromatic carbocycles. The minimum Gasteiger partial charge on any atom is -0.455 e. The van der Waals surface area contributed by atoms with Gasteiger partial charge in [-0.05, 0) is 17.5 Å². The van der Waals surface area contributed by atoms with Crippen LogP contribution in [0.4, 0.5) is 0 Å². The fourth-order valence-electron chi connectivity index (χ4n) is 3.07. The van der Waals surface area contributed by atoms with Crippen molar-refractivity contribution in [2.75, 3.05) is 38.5 Å². The molecule has 1 heterocycles. The molecule has 3 rings (SSSR count). The Kier molecular flexibility index (Phi) is 6.80. The van der Waals surface area contributed by atoms with Crippen LogP contribution in [0.5, 0.6) is 0 Å². The van der Waals surface area contributed by atoms with E-state index in [4.69, 9.17) is 16.3 Å². The minimum absolute atomic E-state index is 0.00379. The Morgan fingerprint density at radius 2 is 1.68 bits per heavy atom. The van der Waals surface area contributed by atoms with Crippen molar-refractivity contribution in [3.63, 3.8) is 0 Å². The van der Waals surface area contributed by atoms with Gasteiger partial charge >= 0.3 is 5.97 Å². The van der Waals surface area contributed by atoms with Gasteiger partial charge in [0.1, 0.15) is 0 Å². The smallest absolute Gasteiger partial charge is 0.316 e. The molecule has 0 atom stereocenters. The number of thioether (sulfide) groups is 1. The van der Waals surface area contributed by atoms with Gasteiger partial charge in [-0.1, -0.05) is 35.9 Å². The predicted molar refractivity (Wildman–Crippen MR) is 109 cm³/mol. The number of fused-ring (bicyclic) bond motifs is 1. The summed E-state index contributed by atoms with van der Waals surface area (Å²) in [6.45, 7) is 3.16. The zero-order chi connectivity index (χ0) is 20.1. The SMILES string of the molecule is CC(=O)N1CCN(C(=O)COC(=O)CSc2cccc3cccc(Cl)c23)CC1. The zero-order valence-electron chi connectivity index (χ0n) is 15.5. The Morgan fingerprint density at radius 1 is 1.04 bits per heavy atom. The monoisotopic (exact) mass is 420 g/mol. The lowest BCUT2D eigenvalue weighted by Crippen LogP contribution is -2.51. The number of nitrogens with zero attached hydrogens (tertiary/aromatic N) is 2. The van der Waals surface area contributed by atoms with Crippen LogP contribution in [0.3, 0.4) is 0 Å². The van der Waals surface area contributed by atoms with Crippen LogP contribution in [0, 0.1) is 0 Å². The summed E-state index contributed by atoms with van der Waals surface area (Å²) in [5.74, 6) is -0.598. The molecular weight excluding hydrogens is 400 g/mol. The van der Waals surface area contributed by atoms with Crippen LogP contribution in [-0.2, 0) is 19.1 Å². The molecule has 0 unspecified atom stereocenters. The fourth-order valence-corrected chi connectivity index (χ4v) is 4.31. The molecule has 6 nitrogen and oxygen atoms in total. The summed E-state index contributed by atoms with van der Waals surface area (Å²) in [6, 6.07) is 11.5. The topological polar surface area (TPSA) is 66.9 Å². The highest BCUT2D eigenvalue weighted by molar-refractivity contribution is 8.00. The lowest BCUT2D eigenvalue weighted by Gasteiger charge is -2.34. The Bertz CT molecular complexity index is 892. The summed E-state index contributed by atoms with van der Waals surface area (Å²) in [5, 5.41) is 2.54. The van der Waals surface area contributed by atoms with Gasteiger partial charge in [0.05, 0.1) is 5.75 Å². The Labute approximate surface area is 172 Å². The van der Waals surface area contributed by atoms with E-state index in [1.54, 1.807) is 9.80 Å². The molecule has 1 fully saturated rings. The quantitative estimate of drug-likeness (QED) is 0.549. The highest BCUT2D eigenvalue weighted by Gasteiger charge is 2.23. The summed E-state index contributed by atoms with van der Waals surface area (Å²) >= 11 is 7.63. The van der Waals surface area contributed by atoms with Crippen LogP contribution in [-0.4, -0.2) is 66.1 Å². The summed E-state index contributed by atoms with van der Waals surface area (Å²) < 4.78 is 5.13. The average Bonchev–Trinajstić information content (AvgIpc) is 2.70. The summed E-state index contributed by atoms with van der Waals surface area (Å²) in [4.78, 5) is 39.8. The highest BCUT2D eigenvalue weighted by atomic mass is 35.5. The van der Waals surface area contributed by atoms with Crippen molar-refractivity contribution in [1.82, 2.24) is 9.80 Å². The van der Waals surface area contributed by atoms with Crippen molar-refractivity contribution in [2.24, 2.45) is 0 Å². The molecule has 1 aliphatic heterocycles. The highest BCUT2D eigenvalue weighted by Crippen LogP contribution is 2.33. The van der Waals surface area contributed by atoms with Crippen LogP contribution in [0.1, 0.15) is 6.92 Å². The van der Waals surface area contributed by atoms with E-state index in [0.29, 0.717) is 31.2 Å². The standard InChI is InChI=1S/C20H21ClN2O4S/c1-14(24)22-8-10-23(11-9-22)18(25)12-27-19(26)13-28-17-7-3-5-15-4-2-6-16(21)20(15)17/h2-7H,8-13H2,1H3. The normalized spacial score (nSPS) is 14.2. The number of carbonyl (C=O) groups excluding carboxylic acids is 3. The molecule has 1 saturated heterocycles. The molecule has 8 heteroatoms. The molecule has 148 valence electrons. The lowest BCUT2D eigenvalue weighted by atomic mass is 10.1.